The summed E-state index contributed by atoms with van der Waals surface area (Å²) in [6.45, 7) is 6.09. The van der Waals surface area contributed by atoms with Gasteiger partial charge in [-0.2, -0.15) is 4.98 Å². The number of ether oxygens (including phenoxy) is 1. The maximum absolute atomic E-state index is 16.1. The van der Waals surface area contributed by atoms with Gasteiger partial charge in [-0.05, 0) is 44.9 Å². The van der Waals surface area contributed by atoms with Crippen LogP contribution in [0.3, 0.4) is 0 Å². The number of methoxy groups -OCH3 is 1. The molecule has 1 amide bonds. The van der Waals surface area contributed by atoms with Gasteiger partial charge in [0.25, 0.3) is 5.56 Å². The number of hydrogen-bond donors (Lipinski definition) is 1. The molecule has 5 heterocycles. The number of piperazine rings is 1. The number of benzene rings is 1. The first kappa shape index (κ1) is 26.1. The molecule has 1 aromatic carbocycles. The highest BCUT2D eigenvalue weighted by molar-refractivity contribution is 6.09. The molecule has 6 rings (SSSR count). The van der Waals surface area contributed by atoms with Crippen LogP contribution >= 0.6 is 0 Å². The lowest BCUT2D eigenvalue weighted by Gasteiger charge is -2.39. The zero-order valence-corrected chi connectivity index (χ0v) is 23.1. The molecule has 4 aliphatic heterocycles. The number of nitrogens with one attached hydrogen (secondary N) is 1. The maximum Gasteiger partial charge on any atom is 0.257 e. The van der Waals surface area contributed by atoms with Crippen molar-refractivity contribution in [3.63, 3.8) is 0 Å². The monoisotopic (exact) mass is 539 g/mol. The Labute approximate surface area is 228 Å². The SMILES string of the molecule is COCCN1C(=O)C2(CCN(c3nc4c(c(=O)[nH]3)CCCN4C)CC2)c2c(F)cc(N3CCN(C)CC3)cc21. The van der Waals surface area contributed by atoms with Crippen molar-refractivity contribution in [2.45, 2.75) is 31.1 Å². The summed E-state index contributed by atoms with van der Waals surface area (Å²) >= 11 is 0. The normalized spacial score (nSPS) is 21.1. The Balaban J connectivity index is 1.31. The van der Waals surface area contributed by atoms with Gasteiger partial charge in [0.15, 0.2) is 0 Å². The standard InChI is InChI=1S/C28H38FN7O3/c1-32-11-13-34(14-12-32)19-17-21(29)23-22(18-19)36(15-16-39-3)26(38)28(23)6-9-35(10-7-28)27-30-24-20(25(37)31-27)5-4-8-33(24)2/h17-18H,4-16H2,1-3H3,(H,30,31,37). The number of amides is 1. The van der Waals surface area contributed by atoms with Crippen molar-refractivity contribution >= 4 is 29.0 Å². The molecule has 0 unspecified atom stereocenters. The Morgan fingerprint density at radius 1 is 1.03 bits per heavy atom. The van der Waals surface area contributed by atoms with E-state index in [-0.39, 0.29) is 17.3 Å². The highest BCUT2D eigenvalue weighted by atomic mass is 19.1. The van der Waals surface area contributed by atoms with E-state index in [2.05, 4.69) is 21.8 Å². The van der Waals surface area contributed by atoms with Crippen LogP contribution < -0.4 is 25.2 Å². The molecule has 1 aromatic heterocycles. The zero-order chi connectivity index (χ0) is 27.3. The molecule has 0 atom stereocenters. The minimum absolute atomic E-state index is 0.0599. The van der Waals surface area contributed by atoms with Crippen LogP contribution in [0.25, 0.3) is 0 Å². The molecule has 39 heavy (non-hydrogen) atoms. The van der Waals surface area contributed by atoms with Crippen LogP contribution in [0.1, 0.15) is 30.4 Å². The van der Waals surface area contributed by atoms with Gasteiger partial charge in [-0.3, -0.25) is 14.6 Å². The van der Waals surface area contributed by atoms with Crippen molar-refractivity contribution in [2.75, 3.05) is 99.8 Å². The lowest BCUT2D eigenvalue weighted by atomic mass is 9.73. The number of aromatic amines is 1. The summed E-state index contributed by atoms with van der Waals surface area (Å²) in [6, 6.07) is 3.61. The van der Waals surface area contributed by atoms with Crippen molar-refractivity contribution in [2.24, 2.45) is 0 Å². The molecule has 2 saturated heterocycles. The molecule has 210 valence electrons. The molecule has 0 radical (unpaired) electrons. The van der Waals surface area contributed by atoms with Crippen molar-refractivity contribution < 1.29 is 13.9 Å². The summed E-state index contributed by atoms with van der Waals surface area (Å²) < 4.78 is 21.4. The number of aromatic nitrogens is 2. The van der Waals surface area contributed by atoms with Crippen LogP contribution in [0.2, 0.25) is 0 Å². The molecule has 4 aliphatic rings. The number of anilines is 4. The smallest absolute Gasteiger partial charge is 0.257 e. The van der Waals surface area contributed by atoms with Gasteiger partial charge < -0.3 is 29.2 Å². The lowest BCUT2D eigenvalue weighted by Crippen LogP contribution is -2.50. The van der Waals surface area contributed by atoms with Gasteiger partial charge in [-0.25, -0.2) is 4.39 Å². The number of halogens is 1. The molecule has 0 bridgehead atoms. The third-order valence-electron chi connectivity index (χ3n) is 9.05. The van der Waals surface area contributed by atoms with E-state index in [0.717, 1.165) is 62.6 Å². The third kappa shape index (κ3) is 4.35. The number of piperidine rings is 1. The second kappa shape index (κ2) is 10.1. The second-order valence-electron chi connectivity index (χ2n) is 11.3. The van der Waals surface area contributed by atoms with Crippen molar-refractivity contribution in [1.29, 1.82) is 0 Å². The Hall–Kier alpha value is -3.18. The average molecular weight is 540 g/mol. The first-order valence-corrected chi connectivity index (χ1v) is 14.0. The molecule has 11 heteroatoms. The zero-order valence-electron chi connectivity index (χ0n) is 23.1. The van der Waals surface area contributed by atoms with Gasteiger partial charge in [-0.1, -0.05) is 0 Å². The van der Waals surface area contributed by atoms with E-state index in [0.29, 0.717) is 56.3 Å². The molecule has 2 fully saturated rings. The van der Waals surface area contributed by atoms with E-state index in [1.807, 2.05) is 22.9 Å². The van der Waals surface area contributed by atoms with Gasteiger partial charge in [0.1, 0.15) is 11.6 Å². The molecule has 1 N–H and O–H groups in total. The fraction of sp³-hybridized carbons (Fsp3) is 0.607. The second-order valence-corrected chi connectivity index (χ2v) is 11.3. The van der Waals surface area contributed by atoms with Crippen molar-refractivity contribution in [1.82, 2.24) is 14.9 Å². The van der Waals surface area contributed by atoms with Gasteiger partial charge in [-0.15, -0.1) is 0 Å². The Bertz CT molecular complexity index is 1310. The van der Waals surface area contributed by atoms with E-state index in [1.165, 1.54) is 0 Å². The first-order chi connectivity index (χ1) is 18.8. The molecule has 1 spiro atoms. The Morgan fingerprint density at radius 3 is 2.49 bits per heavy atom. The fourth-order valence-electron chi connectivity index (χ4n) is 6.72. The molecule has 10 nitrogen and oxygen atoms in total. The first-order valence-electron chi connectivity index (χ1n) is 14.0. The topological polar surface area (TPSA) is 88.2 Å². The fourth-order valence-corrected chi connectivity index (χ4v) is 6.72. The minimum Gasteiger partial charge on any atom is -0.383 e. The summed E-state index contributed by atoms with van der Waals surface area (Å²) in [4.78, 5) is 44.9. The summed E-state index contributed by atoms with van der Waals surface area (Å²) in [7, 11) is 5.66. The van der Waals surface area contributed by atoms with E-state index >= 15 is 4.39 Å². The predicted molar refractivity (Wildman–Crippen MR) is 150 cm³/mol. The molecule has 2 aromatic rings. The number of carbonyl (C=O) groups is 1. The van der Waals surface area contributed by atoms with Gasteiger partial charge in [0, 0.05) is 77.8 Å². The third-order valence-corrected chi connectivity index (χ3v) is 9.05. The number of nitrogens with zero attached hydrogens (tertiary/aromatic N) is 6. The Morgan fingerprint density at radius 2 is 1.77 bits per heavy atom. The lowest BCUT2D eigenvalue weighted by molar-refractivity contribution is -0.124. The molecular weight excluding hydrogens is 501 g/mol. The van der Waals surface area contributed by atoms with Crippen molar-refractivity contribution in [3.05, 3.63) is 39.4 Å². The summed E-state index contributed by atoms with van der Waals surface area (Å²) in [5.74, 6) is 0.881. The van der Waals surface area contributed by atoms with Crippen LogP contribution in [-0.2, 0) is 21.4 Å². The van der Waals surface area contributed by atoms with Crippen LogP contribution in [-0.4, -0.2) is 101 Å². The number of hydrogen-bond acceptors (Lipinski definition) is 8. The number of fused-ring (bicyclic) bond motifs is 3. The van der Waals surface area contributed by atoms with Crippen LogP contribution in [0.15, 0.2) is 16.9 Å². The Kier molecular flexibility index (Phi) is 6.74. The van der Waals surface area contributed by atoms with E-state index in [9.17, 15) is 9.59 Å². The summed E-state index contributed by atoms with van der Waals surface area (Å²) in [5.41, 5.74) is 1.69. The average Bonchev–Trinajstić information content (AvgIpc) is 3.15. The van der Waals surface area contributed by atoms with Gasteiger partial charge >= 0.3 is 0 Å². The minimum atomic E-state index is -0.935. The summed E-state index contributed by atoms with van der Waals surface area (Å²) in [5, 5.41) is 0. The van der Waals surface area contributed by atoms with E-state index in [4.69, 9.17) is 9.72 Å². The number of likely N-dealkylation sites (N-methyl/N-ethyl adjacent to an activating group) is 1. The van der Waals surface area contributed by atoms with E-state index < -0.39 is 5.41 Å². The maximum atomic E-state index is 16.1. The van der Waals surface area contributed by atoms with Crippen molar-refractivity contribution in [3.8, 4) is 0 Å². The highest BCUT2D eigenvalue weighted by Crippen LogP contribution is 2.50. The largest absolute Gasteiger partial charge is 0.383 e. The number of carbonyl (C=O) groups excluding carboxylic acids is 1. The van der Waals surface area contributed by atoms with E-state index in [1.54, 1.807) is 18.1 Å². The van der Waals surface area contributed by atoms with Crippen LogP contribution in [0.4, 0.5) is 27.5 Å². The summed E-state index contributed by atoms with van der Waals surface area (Å²) in [6.07, 6.45) is 2.56. The molecule has 0 saturated carbocycles. The van der Waals surface area contributed by atoms with Gasteiger partial charge in [0.05, 0.1) is 23.3 Å². The molecular formula is C28H38FN7O3. The highest BCUT2D eigenvalue weighted by Gasteiger charge is 2.54. The quantitative estimate of drug-likeness (QED) is 0.613. The molecule has 0 aliphatic carbocycles. The predicted octanol–water partition coefficient (Wildman–Crippen LogP) is 1.57. The number of rotatable bonds is 5. The van der Waals surface area contributed by atoms with Gasteiger partial charge in [0.2, 0.25) is 11.9 Å². The van der Waals surface area contributed by atoms with Crippen LogP contribution in [0, 0.1) is 5.82 Å². The number of H-pyrrole nitrogens is 1. The van der Waals surface area contributed by atoms with Crippen LogP contribution in [0.5, 0.6) is 0 Å².